The molecule has 0 saturated heterocycles. The molecule has 35 heavy (non-hydrogen) atoms. The van der Waals surface area contributed by atoms with E-state index in [9.17, 15) is 14.0 Å². The summed E-state index contributed by atoms with van der Waals surface area (Å²) < 4.78 is 20.0. The monoisotopic (exact) mass is 501 g/mol. The Kier molecular flexibility index (Phi) is 5.22. The largest absolute Gasteiger partial charge is 0.442 e. The zero-order valence-electron chi connectivity index (χ0n) is 20.4. The molecule has 2 aromatic heterocycles. The number of fused-ring (bicyclic) bond motifs is 2. The van der Waals surface area contributed by atoms with Crippen LogP contribution in [-0.2, 0) is 16.9 Å². The van der Waals surface area contributed by atoms with Crippen LogP contribution < -0.4 is 10.6 Å². The van der Waals surface area contributed by atoms with Gasteiger partial charge in [-0.1, -0.05) is 27.2 Å². The molecule has 1 aliphatic carbocycles. The van der Waals surface area contributed by atoms with Gasteiger partial charge in [0.1, 0.15) is 5.69 Å². The summed E-state index contributed by atoms with van der Waals surface area (Å²) in [7, 11) is 0. The molecule has 186 valence electrons. The highest BCUT2D eigenvalue weighted by Gasteiger charge is 2.53. The standard InChI is InChI=1S/C25H29ClFN5O3/c1-23(2,3)25(9-6-10-25)21(33)29-20-14-12-32(24(4,5)19(14)30-31-20)22(34)28-17-15(27)8-7-13-11-16(26)35-18(13)17/h7-8,11H,6,9-10,12H2,1-5H3,(H,28,34)(H2,29,30,31,33). The lowest BCUT2D eigenvalue weighted by atomic mass is 9.54. The molecule has 1 saturated carbocycles. The second-order valence-corrected chi connectivity index (χ2v) is 11.4. The number of carbonyl (C=O) groups is 2. The Morgan fingerprint density at radius 2 is 1.94 bits per heavy atom. The molecule has 1 aliphatic heterocycles. The number of benzene rings is 1. The predicted molar refractivity (Wildman–Crippen MR) is 132 cm³/mol. The molecule has 1 fully saturated rings. The number of hydrogen-bond donors (Lipinski definition) is 3. The molecule has 0 atom stereocenters. The van der Waals surface area contributed by atoms with E-state index in [4.69, 9.17) is 16.0 Å². The summed E-state index contributed by atoms with van der Waals surface area (Å²) in [5.41, 5.74) is 0.155. The lowest BCUT2D eigenvalue weighted by Gasteiger charge is -2.49. The Hall–Kier alpha value is -3.07. The zero-order chi connectivity index (χ0) is 25.3. The number of carbonyl (C=O) groups excluding carboxylic acids is 2. The molecule has 0 unspecified atom stereocenters. The van der Waals surface area contributed by atoms with Crippen molar-refractivity contribution in [2.45, 2.75) is 66.0 Å². The topological polar surface area (TPSA) is 103 Å². The fourth-order valence-electron chi connectivity index (χ4n) is 5.36. The van der Waals surface area contributed by atoms with Crippen LogP contribution in [0.25, 0.3) is 11.0 Å². The highest BCUT2D eigenvalue weighted by Crippen LogP contribution is 2.54. The van der Waals surface area contributed by atoms with Crippen LogP contribution in [0.1, 0.15) is 65.1 Å². The zero-order valence-corrected chi connectivity index (χ0v) is 21.2. The fraction of sp³-hybridized carbons (Fsp3) is 0.480. The summed E-state index contributed by atoms with van der Waals surface area (Å²) >= 11 is 5.94. The fourth-order valence-corrected chi connectivity index (χ4v) is 5.55. The number of hydrogen-bond acceptors (Lipinski definition) is 4. The average Bonchev–Trinajstić information content (AvgIpc) is 3.36. The van der Waals surface area contributed by atoms with Crippen molar-refractivity contribution >= 4 is 46.0 Å². The van der Waals surface area contributed by atoms with Gasteiger partial charge in [0.15, 0.2) is 22.4 Å². The maximum atomic E-state index is 14.6. The third kappa shape index (κ3) is 3.51. The van der Waals surface area contributed by atoms with Crippen LogP contribution in [-0.4, -0.2) is 27.0 Å². The van der Waals surface area contributed by atoms with Gasteiger partial charge in [-0.3, -0.25) is 9.89 Å². The number of aromatic amines is 1. The number of amides is 3. The highest BCUT2D eigenvalue weighted by atomic mass is 35.5. The second kappa shape index (κ2) is 7.71. The van der Waals surface area contributed by atoms with E-state index in [1.54, 1.807) is 11.0 Å². The SMILES string of the molecule is CC1(C)c2[nH]nc(NC(=O)C3(C(C)(C)C)CCC3)c2CN1C(=O)Nc1c(F)ccc2cc(Cl)oc12. The first-order chi connectivity index (χ1) is 16.3. The first kappa shape index (κ1) is 23.7. The van der Waals surface area contributed by atoms with Crippen molar-refractivity contribution in [1.82, 2.24) is 15.1 Å². The van der Waals surface area contributed by atoms with Gasteiger partial charge in [0, 0.05) is 17.0 Å². The van der Waals surface area contributed by atoms with Crippen LogP contribution in [0.2, 0.25) is 5.22 Å². The molecule has 5 rings (SSSR count). The molecule has 3 heterocycles. The van der Waals surface area contributed by atoms with Gasteiger partial charge in [-0.25, -0.2) is 9.18 Å². The average molecular weight is 502 g/mol. The summed E-state index contributed by atoms with van der Waals surface area (Å²) in [6.45, 7) is 10.2. The van der Waals surface area contributed by atoms with Crippen molar-refractivity contribution in [2.75, 3.05) is 10.6 Å². The van der Waals surface area contributed by atoms with Gasteiger partial charge < -0.3 is 20.0 Å². The third-order valence-electron chi connectivity index (χ3n) is 7.86. The van der Waals surface area contributed by atoms with Crippen molar-refractivity contribution < 1.29 is 18.4 Å². The molecule has 8 nitrogen and oxygen atoms in total. The van der Waals surface area contributed by atoms with Crippen LogP contribution in [0.3, 0.4) is 0 Å². The highest BCUT2D eigenvalue weighted by molar-refractivity contribution is 6.30. The van der Waals surface area contributed by atoms with Gasteiger partial charge in [0.25, 0.3) is 0 Å². The molecule has 3 amide bonds. The maximum Gasteiger partial charge on any atom is 0.323 e. The molecular weight excluding hydrogens is 473 g/mol. The molecule has 10 heteroatoms. The number of H-pyrrole nitrogens is 1. The summed E-state index contributed by atoms with van der Waals surface area (Å²) in [6, 6.07) is 3.84. The summed E-state index contributed by atoms with van der Waals surface area (Å²) in [4.78, 5) is 28.2. The van der Waals surface area contributed by atoms with E-state index < -0.39 is 22.8 Å². The molecule has 1 aromatic carbocycles. The van der Waals surface area contributed by atoms with E-state index in [1.807, 2.05) is 13.8 Å². The van der Waals surface area contributed by atoms with E-state index in [0.29, 0.717) is 11.2 Å². The quantitative estimate of drug-likeness (QED) is 0.387. The third-order valence-corrected chi connectivity index (χ3v) is 8.05. The van der Waals surface area contributed by atoms with Gasteiger partial charge in [0.2, 0.25) is 5.91 Å². The van der Waals surface area contributed by atoms with Crippen LogP contribution in [0.4, 0.5) is 20.7 Å². The number of nitrogens with one attached hydrogen (secondary N) is 3. The second-order valence-electron chi connectivity index (χ2n) is 11.0. The van der Waals surface area contributed by atoms with Gasteiger partial charge >= 0.3 is 6.03 Å². The number of halogens is 2. The summed E-state index contributed by atoms with van der Waals surface area (Å²) in [5, 5.41) is 13.7. The predicted octanol–water partition coefficient (Wildman–Crippen LogP) is 6.39. The Balaban J connectivity index is 1.40. The molecular formula is C25H29ClFN5O3. The van der Waals surface area contributed by atoms with E-state index >= 15 is 0 Å². The lowest BCUT2D eigenvalue weighted by Crippen LogP contribution is -2.51. The molecule has 0 bridgehead atoms. The molecule has 0 spiro atoms. The Morgan fingerprint density at radius 1 is 1.23 bits per heavy atom. The van der Waals surface area contributed by atoms with Gasteiger partial charge in [0.05, 0.1) is 23.2 Å². The Morgan fingerprint density at radius 3 is 2.57 bits per heavy atom. The van der Waals surface area contributed by atoms with E-state index in [-0.39, 0.29) is 34.4 Å². The molecule has 2 aliphatic rings. The Bertz CT molecular complexity index is 1350. The summed E-state index contributed by atoms with van der Waals surface area (Å²) in [5.74, 6) is -0.250. The van der Waals surface area contributed by atoms with Gasteiger partial charge in [-0.05, 0) is 55.8 Å². The summed E-state index contributed by atoms with van der Waals surface area (Å²) in [6.07, 6.45) is 2.69. The maximum absolute atomic E-state index is 14.6. The first-order valence-corrected chi connectivity index (χ1v) is 12.1. The van der Waals surface area contributed by atoms with Gasteiger partial charge in [-0.15, -0.1) is 0 Å². The van der Waals surface area contributed by atoms with Crippen molar-refractivity contribution in [3.05, 3.63) is 40.5 Å². The molecule has 3 N–H and O–H groups in total. The first-order valence-electron chi connectivity index (χ1n) is 11.7. The minimum Gasteiger partial charge on any atom is -0.442 e. The van der Waals surface area contributed by atoms with Crippen LogP contribution >= 0.6 is 11.6 Å². The number of urea groups is 1. The van der Waals surface area contributed by atoms with E-state index in [1.165, 1.54) is 12.1 Å². The number of rotatable bonds is 3. The van der Waals surface area contributed by atoms with Crippen molar-refractivity contribution in [2.24, 2.45) is 10.8 Å². The van der Waals surface area contributed by atoms with E-state index in [0.717, 1.165) is 30.5 Å². The smallest absolute Gasteiger partial charge is 0.323 e. The number of anilines is 2. The van der Waals surface area contributed by atoms with Crippen molar-refractivity contribution in [3.63, 3.8) is 0 Å². The number of nitrogens with zero attached hydrogens (tertiary/aromatic N) is 2. The molecule has 0 radical (unpaired) electrons. The lowest BCUT2D eigenvalue weighted by molar-refractivity contribution is -0.139. The van der Waals surface area contributed by atoms with Crippen LogP contribution in [0.5, 0.6) is 0 Å². The van der Waals surface area contributed by atoms with Crippen molar-refractivity contribution in [3.8, 4) is 0 Å². The molecule has 3 aromatic rings. The normalized spacial score (nSPS) is 18.3. The number of furan rings is 1. The van der Waals surface area contributed by atoms with Crippen molar-refractivity contribution in [1.29, 1.82) is 0 Å². The minimum atomic E-state index is -0.779. The van der Waals surface area contributed by atoms with Gasteiger partial charge in [-0.2, -0.15) is 5.10 Å². The van der Waals surface area contributed by atoms with Crippen LogP contribution in [0.15, 0.2) is 22.6 Å². The van der Waals surface area contributed by atoms with E-state index in [2.05, 4.69) is 41.6 Å². The minimum absolute atomic E-state index is 0.0466. The van der Waals surface area contributed by atoms with Crippen LogP contribution in [0, 0.1) is 16.6 Å². The number of aromatic nitrogens is 2. The Labute approximate surface area is 207 Å².